The molecule has 1 aromatic carbocycles. The third-order valence-corrected chi connectivity index (χ3v) is 5.10. The van der Waals surface area contributed by atoms with Gasteiger partial charge in [-0.2, -0.15) is 4.37 Å². The van der Waals surface area contributed by atoms with Gasteiger partial charge < -0.3 is 5.32 Å². The highest BCUT2D eigenvalue weighted by molar-refractivity contribution is 8.01. The molecule has 0 saturated carbocycles. The predicted molar refractivity (Wildman–Crippen MR) is 87.1 cm³/mol. The van der Waals surface area contributed by atoms with Crippen molar-refractivity contribution in [1.82, 2.24) is 9.36 Å². The monoisotopic (exact) mass is 345 g/mol. The maximum atomic E-state index is 11.8. The normalized spacial score (nSPS) is 10.5. The standard InChI is InChI=1S/C12H12ClN3OS3/c1-18-11-15-12(20-16-11)19-7-6-10(17)14-9-5-3-2-4-8(9)13/h2-5H,6-7H2,1H3,(H,14,17). The van der Waals surface area contributed by atoms with Gasteiger partial charge in [-0.3, -0.25) is 4.79 Å². The zero-order chi connectivity index (χ0) is 14.4. The zero-order valence-electron chi connectivity index (χ0n) is 10.6. The van der Waals surface area contributed by atoms with Crippen molar-refractivity contribution in [3.8, 4) is 0 Å². The second kappa shape index (κ2) is 7.87. The van der Waals surface area contributed by atoms with Gasteiger partial charge in [-0.15, -0.1) is 0 Å². The Bertz CT molecular complexity index is 591. The van der Waals surface area contributed by atoms with Crippen LogP contribution in [0.5, 0.6) is 0 Å². The zero-order valence-corrected chi connectivity index (χ0v) is 13.8. The molecule has 0 bridgehead atoms. The lowest BCUT2D eigenvalue weighted by atomic mass is 10.3. The summed E-state index contributed by atoms with van der Waals surface area (Å²) in [6.45, 7) is 0. The third-order valence-electron chi connectivity index (χ3n) is 2.27. The number of para-hydroxylation sites is 1. The Balaban J connectivity index is 1.77. The van der Waals surface area contributed by atoms with Gasteiger partial charge in [-0.25, -0.2) is 4.98 Å². The van der Waals surface area contributed by atoms with Gasteiger partial charge in [0.25, 0.3) is 0 Å². The summed E-state index contributed by atoms with van der Waals surface area (Å²) in [6.07, 6.45) is 2.34. The molecular weight excluding hydrogens is 334 g/mol. The average molecular weight is 346 g/mol. The van der Waals surface area contributed by atoms with E-state index >= 15 is 0 Å². The highest BCUT2D eigenvalue weighted by Gasteiger charge is 2.07. The first kappa shape index (κ1) is 15.6. The van der Waals surface area contributed by atoms with Crippen molar-refractivity contribution in [3.05, 3.63) is 29.3 Å². The molecule has 1 N–H and O–H groups in total. The minimum absolute atomic E-state index is 0.0554. The molecule has 1 aromatic heterocycles. The van der Waals surface area contributed by atoms with Crippen LogP contribution >= 0.6 is 46.7 Å². The van der Waals surface area contributed by atoms with Crippen molar-refractivity contribution in [2.45, 2.75) is 15.9 Å². The van der Waals surface area contributed by atoms with E-state index in [4.69, 9.17) is 11.6 Å². The number of amides is 1. The number of aromatic nitrogens is 2. The number of thioether (sulfide) groups is 2. The van der Waals surface area contributed by atoms with Gasteiger partial charge in [-0.05, 0) is 29.9 Å². The molecule has 0 fully saturated rings. The number of hydrogen-bond donors (Lipinski definition) is 1. The molecular formula is C12H12ClN3OS3. The number of anilines is 1. The number of benzene rings is 1. The lowest BCUT2D eigenvalue weighted by Gasteiger charge is -2.06. The quantitative estimate of drug-likeness (QED) is 0.801. The predicted octanol–water partition coefficient (Wildman–Crippen LogP) is 4.03. The van der Waals surface area contributed by atoms with Gasteiger partial charge in [0.05, 0.1) is 10.7 Å². The van der Waals surface area contributed by atoms with Crippen molar-refractivity contribution in [2.24, 2.45) is 0 Å². The Kier molecular flexibility index (Phi) is 6.15. The van der Waals surface area contributed by atoms with Crippen molar-refractivity contribution < 1.29 is 4.79 Å². The van der Waals surface area contributed by atoms with E-state index in [0.29, 0.717) is 22.9 Å². The molecule has 106 valence electrons. The maximum Gasteiger partial charge on any atom is 0.225 e. The molecule has 20 heavy (non-hydrogen) atoms. The molecule has 0 atom stereocenters. The fourth-order valence-electron chi connectivity index (χ4n) is 1.34. The summed E-state index contributed by atoms with van der Waals surface area (Å²) in [6, 6.07) is 7.19. The number of nitrogens with one attached hydrogen (secondary N) is 1. The Morgan fingerprint density at radius 1 is 1.45 bits per heavy atom. The third kappa shape index (κ3) is 4.66. The lowest BCUT2D eigenvalue weighted by molar-refractivity contribution is -0.115. The summed E-state index contributed by atoms with van der Waals surface area (Å²) >= 11 is 10.4. The number of halogens is 1. The Hall–Kier alpha value is -0.760. The second-order valence-electron chi connectivity index (χ2n) is 3.67. The number of hydrogen-bond acceptors (Lipinski definition) is 6. The Labute approximate surface area is 134 Å². The molecule has 0 radical (unpaired) electrons. The van der Waals surface area contributed by atoms with E-state index in [-0.39, 0.29) is 5.91 Å². The smallest absolute Gasteiger partial charge is 0.225 e. The lowest BCUT2D eigenvalue weighted by Crippen LogP contribution is -2.12. The topological polar surface area (TPSA) is 54.9 Å². The number of nitrogens with zero attached hydrogens (tertiary/aromatic N) is 2. The van der Waals surface area contributed by atoms with Crippen LogP contribution in [0.1, 0.15) is 6.42 Å². The largest absolute Gasteiger partial charge is 0.325 e. The summed E-state index contributed by atoms with van der Waals surface area (Å²) in [5.74, 6) is 0.611. The molecule has 0 aliphatic heterocycles. The highest BCUT2D eigenvalue weighted by Crippen LogP contribution is 2.24. The van der Waals surface area contributed by atoms with E-state index in [9.17, 15) is 4.79 Å². The van der Waals surface area contributed by atoms with Gasteiger partial charge >= 0.3 is 0 Å². The van der Waals surface area contributed by atoms with Crippen LogP contribution in [0.25, 0.3) is 0 Å². The van der Waals surface area contributed by atoms with E-state index < -0.39 is 0 Å². The van der Waals surface area contributed by atoms with Gasteiger partial charge in [0.15, 0.2) is 4.34 Å². The number of carbonyl (C=O) groups excluding carboxylic acids is 1. The van der Waals surface area contributed by atoms with Crippen LogP contribution in [-0.2, 0) is 4.79 Å². The summed E-state index contributed by atoms with van der Waals surface area (Å²) in [7, 11) is 0. The SMILES string of the molecule is CSc1nsc(SCCC(=O)Nc2ccccc2Cl)n1. The number of carbonyl (C=O) groups is 1. The van der Waals surface area contributed by atoms with Gasteiger partial charge in [0.2, 0.25) is 11.1 Å². The minimum Gasteiger partial charge on any atom is -0.325 e. The van der Waals surface area contributed by atoms with E-state index in [2.05, 4.69) is 14.7 Å². The van der Waals surface area contributed by atoms with Crippen LogP contribution in [0.3, 0.4) is 0 Å². The molecule has 0 spiro atoms. The van der Waals surface area contributed by atoms with Gasteiger partial charge in [0.1, 0.15) is 0 Å². The molecule has 2 aromatic rings. The molecule has 1 amide bonds. The molecule has 0 unspecified atom stereocenters. The minimum atomic E-state index is -0.0554. The van der Waals surface area contributed by atoms with E-state index in [1.54, 1.807) is 12.1 Å². The summed E-state index contributed by atoms with van der Waals surface area (Å²) in [5, 5.41) is 4.11. The maximum absolute atomic E-state index is 11.8. The van der Waals surface area contributed by atoms with Crippen LogP contribution < -0.4 is 5.32 Å². The van der Waals surface area contributed by atoms with Gasteiger partial charge in [-0.1, -0.05) is 47.3 Å². The average Bonchev–Trinajstić information content (AvgIpc) is 2.89. The van der Waals surface area contributed by atoms with E-state index in [0.717, 1.165) is 9.50 Å². The molecule has 0 aliphatic carbocycles. The highest BCUT2D eigenvalue weighted by atomic mass is 35.5. The van der Waals surface area contributed by atoms with Crippen LogP contribution in [0.15, 0.2) is 33.8 Å². The Morgan fingerprint density at radius 3 is 2.95 bits per heavy atom. The van der Waals surface area contributed by atoms with Crippen molar-refractivity contribution in [1.29, 1.82) is 0 Å². The first-order valence-corrected chi connectivity index (χ1v) is 9.10. The molecule has 2 rings (SSSR count). The molecule has 4 nitrogen and oxygen atoms in total. The molecule has 0 aliphatic rings. The second-order valence-corrected chi connectivity index (χ2v) is 6.95. The van der Waals surface area contributed by atoms with Crippen LogP contribution in [0.4, 0.5) is 5.69 Å². The molecule has 8 heteroatoms. The van der Waals surface area contributed by atoms with E-state index in [1.807, 2.05) is 18.4 Å². The first-order chi connectivity index (χ1) is 9.69. The van der Waals surface area contributed by atoms with Crippen molar-refractivity contribution in [3.63, 3.8) is 0 Å². The molecule has 1 heterocycles. The number of rotatable bonds is 6. The van der Waals surface area contributed by atoms with E-state index in [1.165, 1.54) is 35.1 Å². The fourth-order valence-corrected chi connectivity index (χ4v) is 3.75. The summed E-state index contributed by atoms with van der Waals surface area (Å²) in [4.78, 5) is 16.1. The van der Waals surface area contributed by atoms with Crippen molar-refractivity contribution in [2.75, 3.05) is 17.3 Å². The Morgan fingerprint density at radius 2 is 2.25 bits per heavy atom. The summed E-state index contributed by atoms with van der Waals surface area (Å²) in [5.41, 5.74) is 0.643. The van der Waals surface area contributed by atoms with Crippen LogP contribution in [0.2, 0.25) is 5.02 Å². The van der Waals surface area contributed by atoms with Gasteiger partial charge in [0, 0.05) is 12.2 Å². The first-order valence-electron chi connectivity index (χ1n) is 5.74. The fraction of sp³-hybridized carbons (Fsp3) is 0.250. The molecule has 0 saturated heterocycles. The van der Waals surface area contributed by atoms with Crippen molar-refractivity contribution >= 4 is 58.3 Å². The van der Waals surface area contributed by atoms with Crippen LogP contribution in [0, 0.1) is 0 Å². The van der Waals surface area contributed by atoms with Crippen LogP contribution in [-0.4, -0.2) is 27.3 Å². The summed E-state index contributed by atoms with van der Waals surface area (Å²) < 4.78 is 5.06.